The molecule has 3 aromatic rings. The number of rotatable bonds is 8. The second-order valence-electron chi connectivity index (χ2n) is 6.43. The Bertz CT molecular complexity index is 1150. The number of amides is 1. The van der Waals surface area contributed by atoms with E-state index in [4.69, 9.17) is 4.74 Å². The third-order valence-electron chi connectivity index (χ3n) is 4.24. The molecule has 6 nitrogen and oxygen atoms in total. The highest BCUT2D eigenvalue weighted by Gasteiger charge is 2.11. The van der Waals surface area contributed by atoms with Crippen LogP contribution in [0, 0.1) is 6.92 Å². The van der Waals surface area contributed by atoms with Gasteiger partial charge in [0, 0.05) is 22.7 Å². The number of aryl methyl sites for hydroxylation is 1. The van der Waals surface area contributed by atoms with Gasteiger partial charge in [-0.05, 0) is 43.3 Å². The van der Waals surface area contributed by atoms with Crippen molar-refractivity contribution in [2.24, 2.45) is 0 Å². The molecule has 8 heteroatoms. The molecule has 1 amide bonds. The smallest absolute Gasteiger partial charge is 0.248 e. The summed E-state index contributed by atoms with van der Waals surface area (Å²) >= 11 is 1.57. The van der Waals surface area contributed by atoms with Crippen molar-refractivity contribution in [3.05, 3.63) is 76.3 Å². The normalized spacial score (nSPS) is 11.5. The van der Waals surface area contributed by atoms with E-state index in [2.05, 4.69) is 10.3 Å². The molecule has 0 unspecified atom stereocenters. The minimum Gasteiger partial charge on any atom is -0.487 e. The number of aromatic nitrogens is 1. The molecule has 0 saturated carbocycles. The fraction of sp³-hybridized carbons (Fsp3) is 0.182. The summed E-state index contributed by atoms with van der Waals surface area (Å²) in [6, 6.07) is 13.5. The van der Waals surface area contributed by atoms with E-state index in [0.717, 1.165) is 16.3 Å². The summed E-state index contributed by atoms with van der Waals surface area (Å²) in [7, 11) is -3.26. The van der Waals surface area contributed by atoms with Crippen molar-refractivity contribution in [3.63, 3.8) is 0 Å². The minimum atomic E-state index is -3.26. The molecule has 1 aromatic heterocycles. The highest BCUT2D eigenvalue weighted by Crippen LogP contribution is 2.21. The number of nitrogens with zero attached hydrogens (tertiary/aromatic N) is 1. The predicted molar refractivity (Wildman–Crippen MR) is 119 cm³/mol. The van der Waals surface area contributed by atoms with E-state index in [9.17, 15) is 13.2 Å². The van der Waals surface area contributed by atoms with Gasteiger partial charge in [-0.25, -0.2) is 13.4 Å². The number of thiazole rings is 1. The molecule has 0 aliphatic carbocycles. The van der Waals surface area contributed by atoms with Crippen LogP contribution in [0.25, 0.3) is 6.08 Å². The van der Waals surface area contributed by atoms with E-state index >= 15 is 0 Å². The first-order chi connectivity index (χ1) is 14.4. The number of carbonyl (C=O) groups is 1. The highest BCUT2D eigenvalue weighted by atomic mass is 32.2. The third-order valence-corrected chi connectivity index (χ3v) is 6.81. The number of carbonyl (C=O) groups excluding carboxylic acids is 1. The quantitative estimate of drug-likeness (QED) is 0.520. The molecule has 2 aromatic carbocycles. The maximum absolute atomic E-state index is 12.3. The van der Waals surface area contributed by atoms with E-state index in [1.165, 1.54) is 18.2 Å². The Labute approximate surface area is 180 Å². The fourth-order valence-electron chi connectivity index (χ4n) is 2.64. The van der Waals surface area contributed by atoms with Gasteiger partial charge in [0.05, 0.1) is 21.3 Å². The summed E-state index contributed by atoms with van der Waals surface area (Å²) in [6.07, 6.45) is 3.08. The molecule has 30 heavy (non-hydrogen) atoms. The molecule has 1 heterocycles. The lowest BCUT2D eigenvalue weighted by Crippen LogP contribution is -2.08. The van der Waals surface area contributed by atoms with Crippen molar-refractivity contribution in [1.82, 2.24) is 4.98 Å². The van der Waals surface area contributed by atoms with Crippen LogP contribution in [0.4, 0.5) is 5.69 Å². The number of sulfone groups is 1. The largest absolute Gasteiger partial charge is 0.487 e. The van der Waals surface area contributed by atoms with Crippen molar-refractivity contribution in [2.45, 2.75) is 25.3 Å². The Morgan fingerprint density at radius 3 is 2.57 bits per heavy atom. The molecular formula is C22H22N2O4S2. The summed E-state index contributed by atoms with van der Waals surface area (Å²) < 4.78 is 29.6. The number of para-hydroxylation sites is 1. The Balaban J connectivity index is 1.63. The second kappa shape index (κ2) is 9.69. The first-order valence-corrected chi connectivity index (χ1v) is 11.9. The summed E-state index contributed by atoms with van der Waals surface area (Å²) in [5.41, 5.74) is 2.15. The molecule has 1 N–H and O–H groups in total. The van der Waals surface area contributed by atoms with Crippen LogP contribution in [0.1, 0.15) is 23.2 Å². The molecule has 0 fully saturated rings. The van der Waals surface area contributed by atoms with Gasteiger partial charge >= 0.3 is 0 Å². The van der Waals surface area contributed by atoms with Gasteiger partial charge in [-0.15, -0.1) is 11.3 Å². The number of benzene rings is 2. The number of nitrogens with one attached hydrogen (secondary N) is 1. The summed E-state index contributed by atoms with van der Waals surface area (Å²) in [5.74, 6) is 0.359. The van der Waals surface area contributed by atoms with Crippen LogP contribution in [0.5, 0.6) is 5.75 Å². The van der Waals surface area contributed by atoms with Crippen LogP contribution in [0.2, 0.25) is 0 Å². The van der Waals surface area contributed by atoms with Gasteiger partial charge in [0.15, 0.2) is 9.84 Å². The van der Waals surface area contributed by atoms with Gasteiger partial charge in [-0.2, -0.15) is 0 Å². The molecule has 0 spiro atoms. The Morgan fingerprint density at radius 1 is 1.17 bits per heavy atom. The van der Waals surface area contributed by atoms with Crippen molar-refractivity contribution in [3.8, 4) is 5.75 Å². The van der Waals surface area contributed by atoms with Crippen LogP contribution in [0.15, 0.2) is 64.9 Å². The fourth-order valence-corrected chi connectivity index (χ4v) is 4.12. The lowest BCUT2D eigenvalue weighted by atomic mass is 10.2. The van der Waals surface area contributed by atoms with Gasteiger partial charge in [-0.3, -0.25) is 4.79 Å². The molecule has 0 aliphatic heterocycles. The van der Waals surface area contributed by atoms with Gasteiger partial charge < -0.3 is 10.1 Å². The molecule has 156 valence electrons. The average Bonchev–Trinajstić information content (AvgIpc) is 3.17. The zero-order chi connectivity index (χ0) is 21.6. The Kier molecular flexibility index (Phi) is 7.02. The Hall–Kier alpha value is -2.97. The van der Waals surface area contributed by atoms with Crippen LogP contribution in [0.3, 0.4) is 0 Å². The molecule has 0 bridgehead atoms. The summed E-state index contributed by atoms with van der Waals surface area (Å²) in [5, 5.41) is 5.66. The van der Waals surface area contributed by atoms with E-state index in [-0.39, 0.29) is 16.6 Å². The summed E-state index contributed by atoms with van der Waals surface area (Å²) in [4.78, 5) is 16.9. The van der Waals surface area contributed by atoms with Crippen LogP contribution in [-0.4, -0.2) is 25.1 Å². The first-order valence-electron chi connectivity index (χ1n) is 9.32. The monoisotopic (exact) mass is 442 g/mol. The van der Waals surface area contributed by atoms with Crippen molar-refractivity contribution < 1.29 is 17.9 Å². The molecule has 0 radical (unpaired) electrons. The molecule has 0 aliphatic rings. The standard InChI is InChI=1S/C22H22N2O4S2/c1-3-30(26,27)20-11-9-18(10-12-20)24-22(25)13-8-17-6-4-5-7-21(17)28-14-19-15-29-16(2)23-19/h4-13,15H,3,14H2,1-2H3,(H,24,25)/b13-8+. The van der Waals surface area contributed by atoms with E-state index in [0.29, 0.717) is 18.0 Å². The number of hydrogen-bond acceptors (Lipinski definition) is 6. The molecular weight excluding hydrogens is 420 g/mol. The zero-order valence-electron chi connectivity index (χ0n) is 16.7. The first kappa shape index (κ1) is 21.7. The second-order valence-corrected chi connectivity index (χ2v) is 9.78. The number of anilines is 1. The van der Waals surface area contributed by atoms with Gasteiger partial charge in [0.2, 0.25) is 5.91 Å². The summed E-state index contributed by atoms with van der Waals surface area (Å²) in [6.45, 7) is 3.89. The van der Waals surface area contributed by atoms with E-state index in [1.54, 1.807) is 36.5 Å². The van der Waals surface area contributed by atoms with Crippen molar-refractivity contribution >= 4 is 38.8 Å². The maximum Gasteiger partial charge on any atom is 0.248 e. The lowest BCUT2D eigenvalue weighted by Gasteiger charge is -2.08. The lowest BCUT2D eigenvalue weighted by molar-refractivity contribution is -0.111. The van der Waals surface area contributed by atoms with Crippen LogP contribution >= 0.6 is 11.3 Å². The van der Waals surface area contributed by atoms with Crippen molar-refractivity contribution in [2.75, 3.05) is 11.1 Å². The average molecular weight is 443 g/mol. The molecule has 0 saturated heterocycles. The topological polar surface area (TPSA) is 85.4 Å². The maximum atomic E-state index is 12.3. The predicted octanol–water partition coefficient (Wildman–Crippen LogP) is 4.48. The van der Waals surface area contributed by atoms with Crippen LogP contribution in [-0.2, 0) is 21.2 Å². The van der Waals surface area contributed by atoms with E-state index in [1.807, 2.05) is 36.6 Å². The minimum absolute atomic E-state index is 0.0327. The SMILES string of the molecule is CCS(=O)(=O)c1ccc(NC(=O)/C=C/c2ccccc2OCc2csc(C)n2)cc1. The van der Waals surface area contributed by atoms with Gasteiger partial charge in [0.1, 0.15) is 12.4 Å². The third kappa shape index (κ3) is 5.77. The number of ether oxygens (including phenoxy) is 1. The molecule has 3 rings (SSSR count). The van der Waals surface area contributed by atoms with E-state index < -0.39 is 9.84 Å². The highest BCUT2D eigenvalue weighted by molar-refractivity contribution is 7.91. The number of hydrogen-bond donors (Lipinski definition) is 1. The van der Waals surface area contributed by atoms with Crippen LogP contribution < -0.4 is 10.1 Å². The van der Waals surface area contributed by atoms with Gasteiger partial charge in [-0.1, -0.05) is 25.1 Å². The van der Waals surface area contributed by atoms with Gasteiger partial charge in [0.25, 0.3) is 0 Å². The zero-order valence-corrected chi connectivity index (χ0v) is 18.3. The molecule has 0 atom stereocenters. The van der Waals surface area contributed by atoms with Crippen molar-refractivity contribution in [1.29, 1.82) is 0 Å². The Morgan fingerprint density at radius 2 is 1.90 bits per heavy atom.